The van der Waals surface area contributed by atoms with Crippen molar-refractivity contribution in [2.45, 2.75) is 52.4 Å². The van der Waals surface area contributed by atoms with Gasteiger partial charge in [0.2, 0.25) is 0 Å². The van der Waals surface area contributed by atoms with Gasteiger partial charge in [0.25, 0.3) is 0 Å². The number of hydrogen-bond acceptors (Lipinski definition) is 3. The van der Waals surface area contributed by atoms with Crippen LogP contribution in [-0.2, 0) is 0 Å². The molecule has 0 aromatic rings. The molecule has 2 fully saturated rings. The van der Waals surface area contributed by atoms with Gasteiger partial charge < -0.3 is 9.80 Å². The highest BCUT2D eigenvalue weighted by atomic mass is 15.1. The van der Waals surface area contributed by atoms with Gasteiger partial charge in [0, 0.05) is 60.1 Å². The van der Waals surface area contributed by atoms with Crippen molar-refractivity contribution in [2.24, 2.45) is 0 Å². The fraction of sp³-hybridized carbons (Fsp3) is 0.571. The number of aromatic nitrogens is 1. The van der Waals surface area contributed by atoms with Gasteiger partial charge in [-0.05, 0) is 70.6 Å². The van der Waals surface area contributed by atoms with Gasteiger partial charge in [-0.1, -0.05) is 0 Å². The Labute approximate surface area is 146 Å². The van der Waals surface area contributed by atoms with E-state index in [1.165, 1.54) is 98.6 Å². The minimum absolute atomic E-state index is 1.18. The predicted octanol–water partition coefficient (Wildman–Crippen LogP) is 4.78. The van der Waals surface area contributed by atoms with E-state index in [9.17, 15) is 0 Å². The van der Waals surface area contributed by atoms with Crippen LogP contribution in [0, 0.1) is 13.8 Å². The first-order valence-electron chi connectivity index (χ1n) is 9.65. The van der Waals surface area contributed by atoms with Gasteiger partial charge in [0.15, 0.2) is 0 Å². The molecule has 0 amide bonds. The molecule has 3 heteroatoms. The van der Waals surface area contributed by atoms with Crippen molar-refractivity contribution < 1.29 is 0 Å². The Morgan fingerprint density at radius 2 is 1.38 bits per heavy atom. The summed E-state index contributed by atoms with van der Waals surface area (Å²) in [6, 6.07) is 7.11. The Morgan fingerprint density at radius 3 is 2.04 bits per heavy atom. The fourth-order valence-corrected chi connectivity index (χ4v) is 4.43. The predicted molar refractivity (Wildman–Crippen MR) is 102 cm³/mol. The minimum atomic E-state index is 1.18. The van der Waals surface area contributed by atoms with E-state index in [0.29, 0.717) is 0 Å². The topological polar surface area (TPSA) is 19.4 Å². The SMILES string of the molecule is Cc1nc(C)c2c(N3CCCCC3)ccc(N3CCCCC3)cc1-2. The third-order valence-electron chi connectivity index (χ3n) is 5.73. The number of piperidine rings is 2. The van der Waals surface area contributed by atoms with Gasteiger partial charge in [-0.3, -0.25) is 4.98 Å². The number of hydrogen-bond donors (Lipinski definition) is 0. The van der Waals surface area contributed by atoms with Crippen LogP contribution in [0.3, 0.4) is 0 Å². The molecule has 0 unspecified atom stereocenters. The molecule has 3 aliphatic heterocycles. The van der Waals surface area contributed by atoms with Crippen LogP contribution >= 0.6 is 0 Å². The molecule has 3 nitrogen and oxygen atoms in total. The van der Waals surface area contributed by atoms with E-state index < -0.39 is 0 Å². The summed E-state index contributed by atoms with van der Waals surface area (Å²) in [5.74, 6) is 0. The number of aryl methyl sites for hydroxylation is 2. The Bertz CT molecular complexity index is 682. The maximum atomic E-state index is 4.81. The Hall–Kier alpha value is -1.77. The van der Waals surface area contributed by atoms with E-state index in [1.807, 2.05) is 0 Å². The van der Waals surface area contributed by atoms with Crippen LogP contribution in [0.1, 0.15) is 49.9 Å². The lowest BCUT2D eigenvalue weighted by atomic mass is 10.0. The van der Waals surface area contributed by atoms with Gasteiger partial charge in [-0.25, -0.2) is 0 Å². The average molecular weight is 323 g/mol. The van der Waals surface area contributed by atoms with Crippen molar-refractivity contribution in [3.63, 3.8) is 0 Å². The number of anilines is 2. The first-order valence-corrected chi connectivity index (χ1v) is 9.65. The molecule has 24 heavy (non-hydrogen) atoms. The zero-order chi connectivity index (χ0) is 16.5. The van der Waals surface area contributed by atoms with Crippen molar-refractivity contribution in [3.05, 3.63) is 29.6 Å². The Balaban J connectivity index is 1.81. The Kier molecular flexibility index (Phi) is 4.34. The molecule has 0 saturated carbocycles. The molecule has 0 aromatic heterocycles. The van der Waals surface area contributed by atoms with Crippen LogP contribution in [0.2, 0.25) is 0 Å². The van der Waals surface area contributed by atoms with Crippen molar-refractivity contribution in [1.82, 2.24) is 4.98 Å². The van der Waals surface area contributed by atoms with Crippen LogP contribution in [0.4, 0.5) is 11.4 Å². The summed E-state index contributed by atoms with van der Waals surface area (Å²) in [6.45, 7) is 9.08. The summed E-state index contributed by atoms with van der Waals surface area (Å²) in [5, 5.41) is 0. The molecule has 0 radical (unpaired) electrons. The Morgan fingerprint density at radius 1 is 0.750 bits per heavy atom. The highest BCUT2D eigenvalue weighted by Crippen LogP contribution is 2.40. The highest BCUT2D eigenvalue weighted by molar-refractivity contribution is 5.85. The molecule has 3 heterocycles. The van der Waals surface area contributed by atoms with Crippen LogP contribution in [0.15, 0.2) is 18.2 Å². The fourth-order valence-electron chi connectivity index (χ4n) is 4.43. The van der Waals surface area contributed by atoms with E-state index in [2.05, 4.69) is 41.8 Å². The molecule has 0 N–H and O–H groups in total. The van der Waals surface area contributed by atoms with E-state index in [-0.39, 0.29) is 0 Å². The standard InChI is InChI=1S/C21H29N3/c1-16-19-15-18(23-11-5-3-6-12-23)9-10-20(21(19)17(2)22-16)24-13-7-4-8-14-24/h9-10,15H,3-8,11-14H2,1-2H3. The van der Waals surface area contributed by atoms with E-state index in [1.54, 1.807) is 0 Å². The van der Waals surface area contributed by atoms with Crippen molar-refractivity contribution >= 4 is 11.4 Å². The second-order valence-electron chi connectivity index (χ2n) is 7.45. The van der Waals surface area contributed by atoms with E-state index >= 15 is 0 Å². The lowest BCUT2D eigenvalue weighted by Crippen LogP contribution is -2.29. The quantitative estimate of drug-likeness (QED) is 0.792. The largest absolute Gasteiger partial charge is 0.372 e. The number of rotatable bonds is 2. The number of nitrogens with zero attached hydrogens (tertiary/aromatic N) is 3. The van der Waals surface area contributed by atoms with Crippen molar-refractivity contribution in [2.75, 3.05) is 36.0 Å². The van der Waals surface area contributed by atoms with Crippen molar-refractivity contribution in [1.29, 1.82) is 0 Å². The second kappa shape index (κ2) is 6.62. The summed E-state index contributed by atoms with van der Waals surface area (Å²) in [5.41, 5.74) is 7.85. The van der Waals surface area contributed by atoms with Crippen LogP contribution in [0.5, 0.6) is 0 Å². The van der Waals surface area contributed by atoms with Crippen LogP contribution in [0.25, 0.3) is 11.1 Å². The maximum Gasteiger partial charge on any atom is 0.0475 e. The number of fused-ring (bicyclic) bond motifs is 1. The summed E-state index contributed by atoms with van der Waals surface area (Å²) in [6.07, 6.45) is 8.00. The zero-order valence-electron chi connectivity index (χ0n) is 15.1. The molecule has 2 saturated heterocycles. The maximum absolute atomic E-state index is 4.81. The van der Waals surface area contributed by atoms with Gasteiger partial charge in [-0.15, -0.1) is 0 Å². The monoisotopic (exact) mass is 323 g/mol. The minimum Gasteiger partial charge on any atom is -0.372 e. The van der Waals surface area contributed by atoms with Crippen molar-refractivity contribution in [3.8, 4) is 11.1 Å². The molecular weight excluding hydrogens is 294 g/mol. The van der Waals surface area contributed by atoms with Gasteiger partial charge >= 0.3 is 0 Å². The molecule has 4 aliphatic rings. The average Bonchev–Trinajstić information content (AvgIpc) is 2.80. The molecule has 4 rings (SSSR count). The smallest absolute Gasteiger partial charge is 0.0475 e. The highest BCUT2D eigenvalue weighted by Gasteiger charge is 2.22. The molecule has 0 spiro atoms. The van der Waals surface area contributed by atoms with E-state index in [0.717, 1.165) is 0 Å². The zero-order valence-corrected chi connectivity index (χ0v) is 15.1. The molecular formula is C21H29N3. The molecule has 1 aliphatic carbocycles. The second-order valence-corrected chi connectivity index (χ2v) is 7.45. The molecule has 0 atom stereocenters. The van der Waals surface area contributed by atoms with Gasteiger partial charge in [-0.2, -0.15) is 0 Å². The lowest BCUT2D eigenvalue weighted by Gasteiger charge is -2.29. The normalized spacial score (nSPS) is 19.1. The summed E-state index contributed by atoms with van der Waals surface area (Å²) in [4.78, 5) is 9.96. The third kappa shape index (κ3) is 2.85. The molecule has 128 valence electrons. The summed E-state index contributed by atoms with van der Waals surface area (Å²) < 4.78 is 0. The molecule has 0 bridgehead atoms. The first kappa shape index (κ1) is 15.7. The van der Waals surface area contributed by atoms with Crippen LogP contribution < -0.4 is 9.80 Å². The first-order chi connectivity index (χ1) is 11.7. The summed E-state index contributed by atoms with van der Waals surface area (Å²) >= 11 is 0. The summed E-state index contributed by atoms with van der Waals surface area (Å²) in [7, 11) is 0. The lowest BCUT2D eigenvalue weighted by molar-refractivity contribution is 0.577. The molecule has 0 aromatic carbocycles. The van der Waals surface area contributed by atoms with Crippen LogP contribution in [-0.4, -0.2) is 31.2 Å². The van der Waals surface area contributed by atoms with Gasteiger partial charge in [0.1, 0.15) is 0 Å². The van der Waals surface area contributed by atoms with E-state index in [4.69, 9.17) is 4.98 Å². The van der Waals surface area contributed by atoms with Gasteiger partial charge in [0.05, 0.1) is 0 Å². The third-order valence-corrected chi connectivity index (χ3v) is 5.73.